The molecule has 0 saturated carbocycles. The highest BCUT2D eigenvalue weighted by molar-refractivity contribution is 6.01. The summed E-state index contributed by atoms with van der Waals surface area (Å²) in [5, 5.41) is 0. The third-order valence-corrected chi connectivity index (χ3v) is 2.99. The second-order valence-corrected chi connectivity index (χ2v) is 4.27. The van der Waals surface area contributed by atoms with Crippen LogP contribution in [-0.4, -0.2) is 29.9 Å². The zero-order chi connectivity index (χ0) is 13.0. The van der Waals surface area contributed by atoms with Crippen molar-refractivity contribution in [2.75, 3.05) is 13.2 Å². The lowest BCUT2D eigenvalue weighted by Gasteiger charge is -2.13. The van der Waals surface area contributed by atoms with Gasteiger partial charge in [0.15, 0.2) is 0 Å². The Bertz CT molecular complexity index is 440. The van der Waals surface area contributed by atoms with Crippen molar-refractivity contribution in [1.82, 2.24) is 4.90 Å². The summed E-state index contributed by atoms with van der Waals surface area (Å²) >= 11 is 0. The van der Waals surface area contributed by atoms with Crippen molar-refractivity contribution in [1.29, 1.82) is 0 Å². The van der Waals surface area contributed by atoms with Crippen LogP contribution in [0.25, 0.3) is 0 Å². The van der Waals surface area contributed by atoms with Crippen molar-refractivity contribution in [2.45, 2.75) is 26.2 Å². The van der Waals surface area contributed by atoms with Crippen molar-refractivity contribution in [3.05, 3.63) is 29.8 Å². The topological polar surface area (TPSA) is 46.6 Å². The summed E-state index contributed by atoms with van der Waals surface area (Å²) in [6, 6.07) is 7.76. The van der Waals surface area contributed by atoms with Gasteiger partial charge >= 0.3 is 0 Å². The van der Waals surface area contributed by atoms with Crippen LogP contribution in [0.1, 0.15) is 25.3 Å². The Labute approximate surface area is 107 Å². The highest BCUT2D eigenvalue weighted by atomic mass is 16.5. The summed E-state index contributed by atoms with van der Waals surface area (Å²) in [7, 11) is 0. The molecule has 4 nitrogen and oxygen atoms in total. The van der Waals surface area contributed by atoms with E-state index in [0.717, 1.165) is 11.3 Å². The van der Waals surface area contributed by atoms with Crippen molar-refractivity contribution in [3.8, 4) is 5.75 Å². The quantitative estimate of drug-likeness (QED) is 0.745. The van der Waals surface area contributed by atoms with E-state index in [2.05, 4.69) is 0 Å². The molecule has 0 atom stereocenters. The fourth-order valence-corrected chi connectivity index (χ4v) is 2.07. The van der Waals surface area contributed by atoms with E-state index in [0.29, 0.717) is 32.4 Å². The molecule has 2 amide bonds. The maximum Gasteiger partial charge on any atom is 0.229 e. The number of carbonyl (C=O) groups is 2. The summed E-state index contributed by atoms with van der Waals surface area (Å²) in [6.45, 7) is 3.04. The molecule has 18 heavy (non-hydrogen) atoms. The lowest BCUT2D eigenvalue weighted by Crippen LogP contribution is -2.31. The van der Waals surface area contributed by atoms with Gasteiger partial charge in [0.2, 0.25) is 11.8 Å². The summed E-state index contributed by atoms with van der Waals surface area (Å²) < 4.78 is 5.41. The van der Waals surface area contributed by atoms with E-state index in [1.165, 1.54) is 4.90 Å². The van der Waals surface area contributed by atoms with Gasteiger partial charge in [-0.3, -0.25) is 14.5 Å². The van der Waals surface area contributed by atoms with Gasteiger partial charge < -0.3 is 4.74 Å². The molecule has 96 valence electrons. The zero-order valence-electron chi connectivity index (χ0n) is 10.5. The number of amides is 2. The summed E-state index contributed by atoms with van der Waals surface area (Å²) in [5.41, 5.74) is 1.08. The van der Waals surface area contributed by atoms with Gasteiger partial charge in [-0.2, -0.15) is 0 Å². The number of nitrogens with zero attached hydrogens (tertiary/aromatic N) is 1. The van der Waals surface area contributed by atoms with Crippen molar-refractivity contribution in [3.63, 3.8) is 0 Å². The van der Waals surface area contributed by atoms with Gasteiger partial charge in [0, 0.05) is 19.4 Å². The molecule has 0 unspecified atom stereocenters. The molecule has 1 aromatic carbocycles. The number of hydrogen-bond acceptors (Lipinski definition) is 3. The molecule has 0 radical (unpaired) electrons. The molecule has 1 saturated heterocycles. The third-order valence-electron chi connectivity index (χ3n) is 2.99. The Kier molecular flexibility index (Phi) is 3.97. The summed E-state index contributed by atoms with van der Waals surface area (Å²) in [6.07, 6.45) is 1.40. The Morgan fingerprint density at radius 2 is 1.94 bits per heavy atom. The van der Waals surface area contributed by atoms with Gasteiger partial charge in [-0.15, -0.1) is 0 Å². The molecule has 2 rings (SSSR count). The minimum absolute atomic E-state index is 0.0547. The largest absolute Gasteiger partial charge is 0.494 e. The van der Waals surface area contributed by atoms with Gasteiger partial charge in [-0.25, -0.2) is 0 Å². The number of ether oxygens (including phenoxy) is 1. The number of rotatable bonds is 5. The smallest absolute Gasteiger partial charge is 0.229 e. The number of hydrogen-bond donors (Lipinski definition) is 0. The van der Waals surface area contributed by atoms with E-state index >= 15 is 0 Å². The molecule has 0 N–H and O–H groups in total. The first-order chi connectivity index (χ1) is 8.70. The van der Waals surface area contributed by atoms with Gasteiger partial charge in [-0.1, -0.05) is 12.1 Å². The second-order valence-electron chi connectivity index (χ2n) is 4.27. The standard InChI is InChI=1S/C14H17NO3/c1-2-18-12-5-3-4-11(10-12)8-9-15-13(16)6-7-14(15)17/h3-5,10H,2,6-9H2,1H3. The molecule has 0 aliphatic carbocycles. The number of carbonyl (C=O) groups excluding carboxylic acids is 2. The predicted molar refractivity (Wildman–Crippen MR) is 67.3 cm³/mol. The molecule has 1 aromatic rings. The minimum Gasteiger partial charge on any atom is -0.494 e. The summed E-state index contributed by atoms with van der Waals surface area (Å²) in [5.74, 6) is 0.719. The zero-order valence-corrected chi connectivity index (χ0v) is 10.5. The van der Waals surface area contributed by atoms with E-state index in [9.17, 15) is 9.59 Å². The second kappa shape index (κ2) is 5.67. The van der Waals surface area contributed by atoms with Gasteiger partial charge in [0.25, 0.3) is 0 Å². The van der Waals surface area contributed by atoms with Crippen LogP contribution in [0, 0.1) is 0 Å². The highest BCUT2D eigenvalue weighted by Gasteiger charge is 2.28. The average molecular weight is 247 g/mol. The maximum atomic E-state index is 11.5. The number of likely N-dealkylation sites (tertiary alicyclic amines) is 1. The van der Waals surface area contributed by atoms with Crippen LogP contribution in [0.15, 0.2) is 24.3 Å². The van der Waals surface area contributed by atoms with E-state index in [4.69, 9.17) is 4.74 Å². The van der Waals surface area contributed by atoms with Crippen LogP contribution in [0.3, 0.4) is 0 Å². The monoisotopic (exact) mass is 247 g/mol. The van der Waals surface area contributed by atoms with Crippen molar-refractivity contribution < 1.29 is 14.3 Å². The van der Waals surface area contributed by atoms with Crippen molar-refractivity contribution >= 4 is 11.8 Å². The fourth-order valence-electron chi connectivity index (χ4n) is 2.07. The molecule has 0 spiro atoms. The molecule has 0 aromatic heterocycles. The molecule has 1 heterocycles. The number of imide groups is 1. The SMILES string of the molecule is CCOc1cccc(CCN2C(=O)CCC2=O)c1. The Balaban J connectivity index is 1.95. The van der Waals surface area contributed by atoms with Crippen molar-refractivity contribution in [2.24, 2.45) is 0 Å². The van der Waals surface area contributed by atoms with E-state index < -0.39 is 0 Å². The fraction of sp³-hybridized carbons (Fsp3) is 0.429. The molecule has 1 aliphatic heterocycles. The maximum absolute atomic E-state index is 11.5. The van der Waals surface area contributed by atoms with Crippen LogP contribution in [0.2, 0.25) is 0 Å². The molecule has 1 aliphatic rings. The lowest BCUT2D eigenvalue weighted by atomic mass is 10.1. The van der Waals surface area contributed by atoms with E-state index in [1.807, 2.05) is 31.2 Å². The van der Waals surface area contributed by atoms with Crippen LogP contribution in [0.5, 0.6) is 5.75 Å². The van der Waals surface area contributed by atoms with Crippen LogP contribution < -0.4 is 4.74 Å². The molecule has 0 bridgehead atoms. The number of benzene rings is 1. The minimum atomic E-state index is -0.0547. The molecular weight excluding hydrogens is 230 g/mol. The van der Waals surface area contributed by atoms with Gasteiger partial charge in [-0.05, 0) is 31.0 Å². The van der Waals surface area contributed by atoms with Crippen LogP contribution >= 0.6 is 0 Å². The first-order valence-corrected chi connectivity index (χ1v) is 6.25. The molecule has 1 fully saturated rings. The average Bonchev–Trinajstić information content (AvgIpc) is 2.68. The van der Waals surface area contributed by atoms with Crippen LogP contribution in [0.4, 0.5) is 0 Å². The van der Waals surface area contributed by atoms with E-state index in [-0.39, 0.29) is 11.8 Å². The third kappa shape index (κ3) is 2.88. The van der Waals surface area contributed by atoms with Gasteiger partial charge in [0.1, 0.15) is 5.75 Å². The Morgan fingerprint density at radius 3 is 2.61 bits per heavy atom. The predicted octanol–water partition coefficient (Wildman–Crippen LogP) is 1.78. The van der Waals surface area contributed by atoms with E-state index in [1.54, 1.807) is 0 Å². The normalized spacial score (nSPS) is 15.3. The van der Waals surface area contributed by atoms with Gasteiger partial charge in [0.05, 0.1) is 6.61 Å². The lowest BCUT2D eigenvalue weighted by molar-refractivity contribution is -0.138. The van der Waals surface area contributed by atoms with Crippen LogP contribution in [-0.2, 0) is 16.0 Å². The molecule has 4 heteroatoms. The Hall–Kier alpha value is -1.84. The first-order valence-electron chi connectivity index (χ1n) is 6.25. The summed E-state index contributed by atoms with van der Waals surface area (Å²) in [4.78, 5) is 24.3. The highest BCUT2D eigenvalue weighted by Crippen LogP contribution is 2.16. The first kappa shape index (κ1) is 12.6. The molecular formula is C14H17NO3. The Morgan fingerprint density at radius 1 is 1.22 bits per heavy atom.